The van der Waals surface area contributed by atoms with Crippen LogP contribution in [0.25, 0.3) is 11.0 Å². The molecule has 0 unspecified atom stereocenters. The Morgan fingerprint density at radius 2 is 2.26 bits per heavy atom. The molecule has 3 N–H and O–H groups in total. The van der Waals surface area contributed by atoms with E-state index in [9.17, 15) is 13.5 Å². The number of nitrogens with one attached hydrogen (secondary N) is 2. The zero-order valence-electron chi connectivity index (χ0n) is 10.3. The van der Waals surface area contributed by atoms with E-state index in [-0.39, 0.29) is 23.5 Å². The molecular weight excluding hydrogens is 266 g/mol. The Morgan fingerprint density at radius 3 is 2.95 bits per heavy atom. The van der Waals surface area contributed by atoms with Crippen LogP contribution in [0.3, 0.4) is 0 Å². The van der Waals surface area contributed by atoms with Crippen molar-refractivity contribution in [3.63, 3.8) is 0 Å². The van der Waals surface area contributed by atoms with Crippen LogP contribution in [0.4, 0.5) is 0 Å². The van der Waals surface area contributed by atoms with E-state index in [4.69, 9.17) is 0 Å². The van der Waals surface area contributed by atoms with Crippen LogP contribution < -0.4 is 4.72 Å². The Bertz CT molecular complexity index is 704. The van der Waals surface area contributed by atoms with Crippen LogP contribution in [0.2, 0.25) is 0 Å². The van der Waals surface area contributed by atoms with E-state index >= 15 is 0 Å². The fourth-order valence-electron chi connectivity index (χ4n) is 2.05. The number of aromatic nitrogens is 2. The van der Waals surface area contributed by atoms with E-state index < -0.39 is 10.0 Å². The van der Waals surface area contributed by atoms with Crippen molar-refractivity contribution < 1.29 is 13.5 Å². The summed E-state index contributed by atoms with van der Waals surface area (Å²) >= 11 is 0. The molecule has 7 heteroatoms. The molecule has 19 heavy (non-hydrogen) atoms. The maximum Gasteiger partial charge on any atom is 0.242 e. The van der Waals surface area contributed by atoms with Crippen LogP contribution in [0.5, 0.6) is 0 Å². The van der Waals surface area contributed by atoms with Gasteiger partial charge < -0.3 is 10.1 Å². The third-order valence-corrected chi connectivity index (χ3v) is 5.07. The number of aromatic amines is 1. The van der Waals surface area contributed by atoms with Crippen molar-refractivity contribution in [1.82, 2.24) is 14.7 Å². The third-order valence-electron chi connectivity index (χ3n) is 3.63. The predicted molar refractivity (Wildman–Crippen MR) is 70.0 cm³/mol. The number of sulfonamides is 1. The van der Waals surface area contributed by atoms with Crippen LogP contribution in [-0.2, 0) is 10.0 Å². The summed E-state index contributed by atoms with van der Waals surface area (Å²) in [6.07, 6.45) is 4.77. The molecule has 0 saturated heterocycles. The molecule has 2 aromatic rings. The van der Waals surface area contributed by atoms with Crippen molar-refractivity contribution in [3.8, 4) is 0 Å². The number of aliphatic hydroxyl groups is 1. The summed E-state index contributed by atoms with van der Waals surface area (Å²) in [5.41, 5.74) is 0.295. The average molecular weight is 281 g/mol. The van der Waals surface area contributed by atoms with Gasteiger partial charge in [-0.05, 0) is 25.0 Å². The van der Waals surface area contributed by atoms with Crippen molar-refractivity contribution >= 4 is 21.1 Å². The first-order valence-electron chi connectivity index (χ1n) is 6.09. The van der Waals surface area contributed by atoms with E-state index in [1.165, 1.54) is 6.20 Å². The lowest BCUT2D eigenvalue weighted by molar-refractivity contribution is 0.213. The van der Waals surface area contributed by atoms with Gasteiger partial charge in [-0.3, -0.25) is 0 Å². The molecule has 1 aliphatic carbocycles. The largest absolute Gasteiger partial charge is 0.396 e. The van der Waals surface area contributed by atoms with E-state index in [0.29, 0.717) is 11.0 Å². The van der Waals surface area contributed by atoms with Gasteiger partial charge in [0.2, 0.25) is 10.0 Å². The monoisotopic (exact) mass is 281 g/mol. The number of fused-ring (bicyclic) bond motifs is 1. The number of rotatable bonds is 5. The van der Waals surface area contributed by atoms with Crippen molar-refractivity contribution in [2.45, 2.75) is 17.7 Å². The minimum Gasteiger partial charge on any atom is -0.396 e. The molecule has 102 valence electrons. The highest BCUT2D eigenvalue weighted by molar-refractivity contribution is 7.89. The summed E-state index contributed by atoms with van der Waals surface area (Å²) in [6, 6.07) is 3.41. The first-order valence-corrected chi connectivity index (χ1v) is 7.57. The van der Waals surface area contributed by atoms with Crippen molar-refractivity contribution in [1.29, 1.82) is 0 Å². The molecule has 6 nitrogen and oxygen atoms in total. The second-order valence-corrected chi connectivity index (χ2v) is 6.77. The summed E-state index contributed by atoms with van der Waals surface area (Å²) in [5, 5.41) is 9.78. The van der Waals surface area contributed by atoms with E-state index in [0.717, 1.165) is 12.8 Å². The molecule has 0 atom stereocenters. The molecule has 1 fully saturated rings. The molecule has 0 radical (unpaired) electrons. The van der Waals surface area contributed by atoms with Gasteiger partial charge in [-0.1, -0.05) is 0 Å². The zero-order valence-corrected chi connectivity index (χ0v) is 11.1. The number of nitrogens with zero attached hydrogens (tertiary/aromatic N) is 1. The zero-order chi connectivity index (χ0) is 13.5. The SMILES string of the molecule is O=S(=O)(NCC1(CO)CC1)c1c[nH]c2ncccc12. The standard InChI is InChI=1S/C12H15N3O3S/c16-8-12(3-4-12)7-15-19(17,18)10-6-14-11-9(10)2-1-5-13-11/h1-2,5-6,15-16H,3-4,7-8H2,(H,13,14). The number of hydrogen-bond donors (Lipinski definition) is 3. The predicted octanol–water partition coefficient (Wildman–Crippen LogP) is 0.614. The molecule has 0 amide bonds. The van der Waals surface area contributed by atoms with Crippen LogP contribution in [0.15, 0.2) is 29.4 Å². The van der Waals surface area contributed by atoms with Crippen LogP contribution >= 0.6 is 0 Å². The van der Waals surface area contributed by atoms with Gasteiger partial charge in [-0.25, -0.2) is 18.1 Å². The molecule has 0 bridgehead atoms. The Kier molecular flexibility index (Phi) is 2.84. The average Bonchev–Trinajstić information content (AvgIpc) is 3.07. The minimum atomic E-state index is -3.58. The summed E-state index contributed by atoms with van der Waals surface area (Å²) in [5.74, 6) is 0. The molecule has 2 heterocycles. The molecule has 1 aliphatic rings. The normalized spacial score (nSPS) is 17.7. The van der Waals surface area contributed by atoms with Crippen molar-refractivity contribution in [2.24, 2.45) is 5.41 Å². The van der Waals surface area contributed by atoms with Gasteiger partial charge in [0.25, 0.3) is 0 Å². The first kappa shape index (κ1) is 12.6. The highest BCUT2D eigenvalue weighted by atomic mass is 32.2. The molecule has 1 saturated carbocycles. The lowest BCUT2D eigenvalue weighted by Crippen LogP contribution is -2.31. The van der Waals surface area contributed by atoms with Gasteiger partial charge in [0.05, 0.1) is 0 Å². The number of hydrogen-bond acceptors (Lipinski definition) is 4. The summed E-state index contributed by atoms with van der Waals surface area (Å²) in [4.78, 5) is 7.10. The summed E-state index contributed by atoms with van der Waals surface area (Å²) in [7, 11) is -3.58. The van der Waals surface area contributed by atoms with E-state index in [2.05, 4.69) is 14.7 Å². The lowest BCUT2D eigenvalue weighted by Gasteiger charge is -2.12. The van der Waals surface area contributed by atoms with Gasteiger partial charge in [0, 0.05) is 36.3 Å². The quantitative estimate of drug-likeness (QED) is 0.748. The number of pyridine rings is 1. The minimum absolute atomic E-state index is 0.0188. The summed E-state index contributed by atoms with van der Waals surface area (Å²) < 4.78 is 27.1. The van der Waals surface area contributed by atoms with Gasteiger partial charge in [0.15, 0.2) is 0 Å². The number of aliphatic hydroxyl groups excluding tert-OH is 1. The smallest absolute Gasteiger partial charge is 0.242 e. The highest BCUT2D eigenvalue weighted by Crippen LogP contribution is 2.44. The molecule has 0 aromatic carbocycles. The van der Waals surface area contributed by atoms with Crippen molar-refractivity contribution in [3.05, 3.63) is 24.5 Å². The Morgan fingerprint density at radius 1 is 1.47 bits per heavy atom. The Hall–Kier alpha value is -1.44. The second kappa shape index (κ2) is 4.29. The lowest BCUT2D eigenvalue weighted by atomic mass is 10.1. The molecular formula is C12H15N3O3S. The third kappa shape index (κ3) is 2.24. The van der Waals surface area contributed by atoms with Crippen LogP contribution in [0, 0.1) is 5.41 Å². The summed E-state index contributed by atoms with van der Waals surface area (Å²) in [6.45, 7) is 0.295. The van der Waals surface area contributed by atoms with Crippen molar-refractivity contribution in [2.75, 3.05) is 13.2 Å². The van der Waals surface area contributed by atoms with Gasteiger partial charge in [0.1, 0.15) is 10.5 Å². The molecule has 2 aromatic heterocycles. The number of H-pyrrole nitrogens is 1. The second-order valence-electron chi connectivity index (χ2n) is 5.04. The van der Waals surface area contributed by atoms with Crippen LogP contribution in [0.1, 0.15) is 12.8 Å². The maximum absolute atomic E-state index is 12.3. The van der Waals surface area contributed by atoms with Gasteiger partial charge in [-0.2, -0.15) is 0 Å². The Balaban J connectivity index is 1.87. The fraction of sp³-hybridized carbons (Fsp3) is 0.417. The first-order chi connectivity index (χ1) is 9.06. The molecule has 0 spiro atoms. The highest BCUT2D eigenvalue weighted by Gasteiger charge is 2.42. The van der Waals surface area contributed by atoms with Gasteiger partial charge in [-0.15, -0.1) is 0 Å². The van der Waals surface area contributed by atoms with E-state index in [1.54, 1.807) is 18.3 Å². The topological polar surface area (TPSA) is 95.1 Å². The Labute approximate surface area is 110 Å². The molecule has 3 rings (SSSR count). The van der Waals surface area contributed by atoms with Gasteiger partial charge >= 0.3 is 0 Å². The van der Waals surface area contributed by atoms with E-state index in [1.807, 2.05) is 0 Å². The van der Waals surface area contributed by atoms with Crippen LogP contribution in [-0.4, -0.2) is 36.6 Å². The fourth-order valence-corrected chi connectivity index (χ4v) is 3.37. The maximum atomic E-state index is 12.3. The molecule has 0 aliphatic heterocycles.